The smallest absolute Gasteiger partial charge is 0.260 e. The summed E-state index contributed by atoms with van der Waals surface area (Å²) in [5.41, 5.74) is 1.80. The van der Waals surface area contributed by atoms with Crippen LogP contribution in [-0.2, 0) is 16.6 Å². The van der Waals surface area contributed by atoms with Crippen molar-refractivity contribution < 1.29 is 13.2 Å². The van der Waals surface area contributed by atoms with Gasteiger partial charge in [-0.3, -0.25) is 14.7 Å². The molecule has 2 aromatic heterocycles. The molecule has 4 rings (SSSR count). The molecule has 0 atom stereocenters. The van der Waals surface area contributed by atoms with Crippen LogP contribution in [0, 0.1) is 0 Å². The molecule has 4 aromatic rings. The summed E-state index contributed by atoms with van der Waals surface area (Å²) in [6, 6.07) is 16.9. The highest BCUT2D eigenvalue weighted by molar-refractivity contribution is 7.89. The maximum atomic E-state index is 13.6. The molecule has 0 saturated carbocycles. The number of amides is 1. The number of anilines is 1. The quantitative estimate of drug-likeness (QED) is 0.322. The van der Waals surface area contributed by atoms with Crippen LogP contribution in [0.5, 0.6) is 0 Å². The molecule has 0 aliphatic heterocycles. The van der Waals surface area contributed by atoms with Crippen LogP contribution in [0.2, 0.25) is 5.02 Å². The largest absolute Gasteiger partial charge is 0.278 e. The zero-order valence-corrected chi connectivity index (χ0v) is 21.1. The predicted octanol–water partition coefficient (Wildman–Crippen LogP) is 5.22. The number of fused-ring (bicyclic) bond motifs is 1. The summed E-state index contributed by atoms with van der Waals surface area (Å²) in [5, 5.41) is 1.10. The van der Waals surface area contributed by atoms with Crippen molar-refractivity contribution in [2.24, 2.45) is 0 Å². The number of benzene rings is 2. The van der Waals surface area contributed by atoms with Crippen molar-refractivity contribution in [2.45, 2.75) is 25.3 Å². The normalized spacial score (nSPS) is 11.8. The van der Waals surface area contributed by atoms with Crippen molar-refractivity contribution >= 4 is 54.2 Å². The third-order valence-electron chi connectivity index (χ3n) is 5.31. The molecule has 1 amide bonds. The summed E-state index contributed by atoms with van der Waals surface area (Å²) in [6.07, 6.45) is 1.67. The van der Waals surface area contributed by atoms with E-state index in [1.165, 1.54) is 39.9 Å². The zero-order valence-electron chi connectivity index (χ0n) is 18.7. The Morgan fingerprint density at radius 3 is 2.41 bits per heavy atom. The van der Waals surface area contributed by atoms with Crippen molar-refractivity contribution in [3.05, 3.63) is 83.1 Å². The van der Waals surface area contributed by atoms with Gasteiger partial charge in [0.05, 0.1) is 27.4 Å². The summed E-state index contributed by atoms with van der Waals surface area (Å²) in [5.74, 6) is -0.303. The van der Waals surface area contributed by atoms with E-state index in [9.17, 15) is 13.2 Å². The average molecular weight is 515 g/mol. The zero-order chi connectivity index (χ0) is 24.3. The first-order valence-electron chi connectivity index (χ1n) is 10.7. The first-order valence-corrected chi connectivity index (χ1v) is 13.3. The minimum Gasteiger partial charge on any atom is -0.278 e. The number of hydrogen-bond acceptors (Lipinski definition) is 6. The highest BCUT2D eigenvalue weighted by Gasteiger charge is 2.25. The number of aromatic nitrogens is 2. The molecule has 2 heterocycles. The number of hydrogen-bond donors (Lipinski definition) is 0. The predicted molar refractivity (Wildman–Crippen MR) is 136 cm³/mol. The van der Waals surface area contributed by atoms with Crippen LogP contribution in [0.3, 0.4) is 0 Å². The van der Waals surface area contributed by atoms with Gasteiger partial charge >= 0.3 is 0 Å². The molecule has 0 unspecified atom stereocenters. The lowest BCUT2D eigenvalue weighted by Gasteiger charge is -2.21. The summed E-state index contributed by atoms with van der Waals surface area (Å²) >= 11 is 7.48. The monoisotopic (exact) mass is 514 g/mol. The SMILES string of the molecule is CCN(CC)S(=O)(=O)c1ccc(C(=O)N(Cc2ccccn2)c2nc3ccc(Cl)cc3s2)cc1. The van der Waals surface area contributed by atoms with Gasteiger partial charge in [0.25, 0.3) is 5.91 Å². The maximum Gasteiger partial charge on any atom is 0.260 e. The van der Waals surface area contributed by atoms with Gasteiger partial charge in [0.15, 0.2) is 5.13 Å². The van der Waals surface area contributed by atoms with Gasteiger partial charge < -0.3 is 0 Å². The fourth-order valence-corrected chi connectivity index (χ4v) is 6.22. The highest BCUT2D eigenvalue weighted by Crippen LogP contribution is 2.32. The van der Waals surface area contributed by atoms with Gasteiger partial charge in [-0.1, -0.05) is 42.9 Å². The van der Waals surface area contributed by atoms with Gasteiger partial charge in [-0.05, 0) is 54.6 Å². The Hall–Kier alpha value is -2.85. The molecule has 10 heteroatoms. The van der Waals surface area contributed by atoms with Gasteiger partial charge in [0, 0.05) is 29.9 Å². The summed E-state index contributed by atoms with van der Waals surface area (Å²) in [6.45, 7) is 4.55. The molecule has 34 heavy (non-hydrogen) atoms. The summed E-state index contributed by atoms with van der Waals surface area (Å²) in [4.78, 5) is 24.3. The van der Waals surface area contributed by atoms with Crippen molar-refractivity contribution in [1.29, 1.82) is 0 Å². The van der Waals surface area contributed by atoms with E-state index in [1.54, 1.807) is 31.0 Å². The molecule has 2 aromatic carbocycles. The number of rotatable bonds is 8. The second kappa shape index (κ2) is 10.2. The molecule has 176 valence electrons. The van der Waals surface area contributed by atoms with Gasteiger partial charge in [-0.25, -0.2) is 13.4 Å². The van der Waals surface area contributed by atoms with Crippen molar-refractivity contribution in [2.75, 3.05) is 18.0 Å². The molecule has 0 saturated heterocycles. The van der Waals surface area contributed by atoms with Crippen LogP contribution in [0.4, 0.5) is 5.13 Å². The summed E-state index contributed by atoms with van der Waals surface area (Å²) in [7, 11) is -3.61. The second-order valence-electron chi connectivity index (χ2n) is 7.43. The fraction of sp³-hybridized carbons (Fsp3) is 0.208. The standard InChI is InChI=1S/C24H23ClN4O3S2/c1-3-28(4-2)34(31,32)20-11-8-17(9-12-20)23(30)29(16-19-7-5-6-14-26-19)24-27-21-13-10-18(25)15-22(21)33-24/h5-15H,3-4,16H2,1-2H3. The molecule has 0 N–H and O–H groups in total. The van der Waals surface area contributed by atoms with Gasteiger partial charge in [-0.15, -0.1) is 0 Å². The Morgan fingerprint density at radius 2 is 1.76 bits per heavy atom. The molecule has 0 bridgehead atoms. The van der Waals surface area contributed by atoms with Crippen LogP contribution in [-0.4, -0.2) is 41.7 Å². The van der Waals surface area contributed by atoms with E-state index in [1.807, 2.05) is 30.3 Å². The van der Waals surface area contributed by atoms with Crippen LogP contribution < -0.4 is 4.90 Å². The van der Waals surface area contributed by atoms with E-state index in [0.29, 0.717) is 34.5 Å². The molecule has 0 fully saturated rings. The van der Waals surface area contributed by atoms with E-state index >= 15 is 0 Å². The number of thiazole rings is 1. The van der Waals surface area contributed by atoms with Gasteiger partial charge in [0.2, 0.25) is 10.0 Å². The lowest BCUT2D eigenvalue weighted by molar-refractivity contribution is 0.0984. The number of pyridine rings is 1. The Balaban J connectivity index is 1.70. The van der Waals surface area contributed by atoms with Gasteiger partial charge in [-0.2, -0.15) is 4.31 Å². The molecule has 0 spiro atoms. The first-order chi connectivity index (χ1) is 16.3. The number of halogens is 1. The third kappa shape index (κ3) is 4.97. The number of carbonyl (C=O) groups excluding carboxylic acids is 1. The van der Waals surface area contributed by atoms with E-state index < -0.39 is 10.0 Å². The van der Waals surface area contributed by atoms with Crippen LogP contribution in [0.1, 0.15) is 29.9 Å². The lowest BCUT2D eigenvalue weighted by atomic mass is 10.2. The average Bonchev–Trinajstić information content (AvgIpc) is 3.26. The van der Waals surface area contributed by atoms with Crippen LogP contribution >= 0.6 is 22.9 Å². The van der Waals surface area contributed by atoms with Crippen molar-refractivity contribution in [3.8, 4) is 0 Å². The minimum atomic E-state index is -3.61. The third-order valence-corrected chi connectivity index (χ3v) is 8.65. The Morgan fingerprint density at radius 1 is 1.03 bits per heavy atom. The topological polar surface area (TPSA) is 83.5 Å². The second-order valence-corrected chi connectivity index (χ2v) is 10.8. The van der Waals surface area contributed by atoms with E-state index in [4.69, 9.17) is 11.6 Å². The van der Waals surface area contributed by atoms with E-state index in [0.717, 1.165) is 10.2 Å². The van der Waals surface area contributed by atoms with E-state index in [2.05, 4.69) is 9.97 Å². The van der Waals surface area contributed by atoms with Crippen LogP contribution in [0.15, 0.2) is 71.8 Å². The Kier molecular flexibility index (Phi) is 7.27. The number of nitrogens with zero attached hydrogens (tertiary/aromatic N) is 4. The maximum absolute atomic E-state index is 13.6. The summed E-state index contributed by atoms with van der Waals surface area (Å²) < 4.78 is 27.8. The Bertz CT molecular complexity index is 1400. The fourth-order valence-electron chi connectivity index (χ4n) is 3.52. The van der Waals surface area contributed by atoms with Crippen molar-refractivity contribution in [3.63, 3.8) is 0 Å². The number of sulfonamides is 1. The molecule has 7 nitrogen and oxygen atoms in total. The van der Waals surface area contributed by atoms with Crippen LogP contribution in [0.25, 0.3) is 10.2 Å². The molecule has 0 radical (unpaired) electrons. The highest BCUT2D eigenvalue weighted by atomic mass is 35.5. The minimum absolute atomic E-state index is 0.152. The Labute approximate surface area is 207 Å². The molecule has 0 aliphatic carbocycles. The lowest BCUT2D eigenvalue weighted by Crippen LogP contribution is -2.31. The first kappa shape index (κ1) is 24.3. The molecular formula is C24H23ClN4O3S2. The van der Waals surface area contributed by atoms with Gasteiger partial charge in [0.1, 0.15) is 0 Å². The van der Waals surface area contributed by atoms with E-state index in [-0.39, 0.29) is 17.3 Å². The number of carbonyl (C=O) groups is 1. The van der Waals surface area contributed by atoms with Crippen molar-refractivity contribution in [1.82, 2.24) is 14.3 Å². The molecular weight excluding hydrogens is 492 g/mol. The molecule has 0 aliphatic rings.